The molecular formula is C24H17F3N6O2. The predicted octanol–water partition coefficient (Wildman–Crippen LogP) is 5.27. The number of anilines is 1. The summed E-state index contributed by atoms with van der Waals surface area (Å²) >= 11 is 0. The second-order valence-electron chi connectivity index (χ2n) is 7.76. The first-order valence-corrected chi connectivity index (χ1v) is 10.5. The van der Waals surface area contributed by atoms with Crippen molar-refractivity contribution in [2.24, 2.45) is 0 Å². The van der Waals surface area contributed by atoms with Gasteiger partial charge < -0.3 is 9.73 Å². The fourth-order valence-corrected chi connectivity index (χ4v) is 3.67. The van der Waals surface area contributed by atoms with Gasteiger partial charge in [-0.1, -0.05) is 12.1 Å². The molecule has 0 atom stereocenters. The van der Waals surface area contributed by atoms with Gasteiger partial charge in [0.25, 0.3) is 5.91 Å². The lowest BCUT2D eigenvalue weighted by Crippen LogP contribution is -2.17. The average molecular weight is 478 g/mol. The predicted molar refractivity (Wildman–Crippen MR) is 121 cm³/mol. The molecule has 0 fully saturated rings. The van der Waals surface area contributed by atoms with Crippen molar-refractivity contribution in [3.05, 3.63) is 78.6 Å². The SMILES string of the molecule is Cc1nnc(-c2ccc(C(=O)Nc3cccc4c(-c5cnn(CC(F)(F)F)c5)ccnc34)cc2)o1. The summed E-state index contributed by atoms with van der Waals surface area (Å²) in [4.78, 5) is 17.3. The van der Waals surface area contributed by atoms with Crippen LogP contribution in [0.25, 0.3) is 33.5 Å². The van der Waals surface area contributed by atoms with Gasteiger partial charge in [0, 0.05) is 41.4 Å². The van der Waals surface area contributed by atoms with Crippen LogP contribution >= 0.6 is 0 Å². The molecule has 1 amide bonds. The monoisotopic (exact) mass is 478 g/mol. The van der Waals surface area contributed by atoms with E-state index in [1.54, 1.807) is 55.5 Å². The molecule has 0 radical (unpaired) electrons. The Hall–Kier alpha value is -4.54. The third kappa shape index (κ3) is 4.74. The van der Waals surface area contributed by atoms with E-state index in [0.717, 1.165) is 4.68 Å². The van der Waals surface area contributed by atoms with Crippen LogP contribution in [0.1, 0.15) is 16.2 Å². The Balaban J connectivity index is 1.41. The van der Waals surface area contributed by atoms with Crippen LogP contribution in [0.15, 0.2) is 71.5 Å². The Morgan fingerprint density at radius 1 is 1.06 bits per heavy atom. The number of hydrogen-bond acceptors (Lipinski definition) is 6. The van der Waals surface area contributed by atoms with Crippen molar-refractivity contribution in [1.29, 1.82) is 0 Å². The molecule has 0 aliphatic rings. The van der Waals surface area contributed by atoms with E-state index in [1.165, 1.54) is 18.6 Å². The first kappa shape index (κ1) is 22.3. The first-order valence-electron chi connectivity index (χ1n) is 10.5. The van der Waals surface area contributed by atoms with Gasteiger partial charge in [0.1, 0.15) is 6.54 Å². The number of aryl methyl sites for hydroxylation is 1. The molecule has 0 unspecified atom stereocenters. The van der Waals surface area contributed by atoms with E-state index in [2.05, 4.69) is 25.6 Å². The zero-order valence-electron chi connectivity index (χ0n) is 18.2. The van der Waals surface area contributed by atoms with E-state index in [-0.39, 0.29) is 5.91 Å². The van der Waals surface area contributed by atoms with Crippen LogP contribution in [-0.4, -0.2) is 37.0 Å². The molecule has 5 rings (SSSR count). The maximum absolute atomic E-state index is 12.9. The van der Waals surface area contributed by atoms with E-state index in [0.29, 0.717) is 50.6 Å². The minimum Gasteiger partial charge on any atom is -0.421 e. The van der Waals surface area contributed by atoms with Crippen LogP contribution in [0.2, 0.25) is 0 Å². The molecule has 0 saturated carbocycles. The number of amides is 1. The minimum atomic E-state index is -4.37. The number of rotatable bonds is 5. The highest BCUT2D eigenvalue weighted by atomic mass is 19.4. The number of nitrogens with one attached hydrogen (secondary N) is 1. The molecule has 5 aromatic rings. The smallest absolute Gasteiger partial charge is 0.408 e. The highest BCUT2D eigenvalue weighted by Crippen LogP contribution is 2.31. The normalized spacial score (nSPS) is 11.7. The second-order valence-corrected chi connectivity index (χ2v) is 7.76. The van der Waals surface area contributed by atoms with Crippen molar-refractivity contribution in [2.75, 3.05) is 5.32 Å². The van der Waals surface area contributed by atoms with Gasteiger partial charge in [-0.25, -0.2) is 0 Å². The summed E-state index contributed by atoms with van der Waals surface area (Å²) in [6.45, 7) is 0.513. The summed E-state index contributed by atoms with van der Waals surface area (Å²) in [6, 6.07) is 13.6. The fourth-order valence-electron chi connectivity index (χ4n) is 3.67. The van der Waals surface area contributed by atoms with Crippen molar-refractivity contribution >= 4 is 22.5 Å². The van der Waals surface area contributed by atoms with E-state index < -0.39 is 12.7 Å². The van der Waals surface area contributed by atoms with E-state index >= 15 is 0 Å². The molecule has 0 aliphatic heterocycles. The summed E-state index contributed by atoms with van der Waals surface area (Å²) in [5.74, 6) is 0.451. The number of halogens is 3. The van der Waals surface area contributed by atoms with Gasteiger partial charge in [-0.05, 0) is 42.0 Å². The molecule has 11 heteroatoms. The number of hydrogen-bond donors (Lipinski definition) is 1. The van der Waals surface area contributed by atoms with E-state index in [1.807, 2.05) is 0 Å². The number of carbonyl (C=O) groups is 1. The molecule has 2 aromatic carbocycles. The molecule has 0 aliphatic carbocycles. The van der Waals surface area contributed by atoms with Gasteiger partial charge in [0.15, 0.2) is 0 Å². The quantitative estimate of drug-likeness (QED) is 0.370. The number of aromatic nitrogens is 5. The Morgan fingerprint density at radius 2 is 1.86 bits per heavy atom. The Morgan fingerprint density at radius 3 is 2.57 bits per heavy atom. The Bertz CT molecular complexity index is 1520. The number of alkyl halides is 3. The molecule has 0 spiro atoms. The third-order valence-electron chi connectivity index (χ3n) is 5.22. The zero-order valence-corrected chi connectivity index (χ0v) is 18.2. The van der Waals surface area contributed by atoms with Crippen LogP contribution < -0.4 is 5.32 Å². The molecule has 3 aromatic heterocycles. The van der Waals surface area contributed by atoms with Crippen LogP contribution in [0, 0.1) is 6.92 Å². The highest BCUT2D eigenvalue weighted by Gasteiger charge is 2.28. The third-order valence-corrected chi connectivity index (χ3v) is 5.22. The summed E-state index contributed by atoms with van der Waals surface area (Å²) in [7, 11) is 0. The number of pyridine rings is 1. The maximum Gasteiger partial charge on any atom is 0.408 e. The van der Waals surface area contributed by atoms with Gasteiger partial charge in [-0.2, -0.15) is 18.3 Å². The molecule has 0 bridgehead atoms. The lowest BCUT2D eigenvalue weighted by atomic mass is 10.0. The molecular weight excluding hydrogens is 461 g/mol. The molecule has 35 heavy (non-hydrogen) atoms. The summed E-state index contributed by atoms with van der Waals surface area (Å²) in [6.07, 6.45) is -0.128. The molecule has 1 N–H and O–H groups in total. The second kappa shape index (κ2) is 8.67. The van der Waals surface area contributed by atoms with E-state index in [9.17, 15) is 18.0 Å². The van der Waals surface area contributed by atoms with Crippen LogP contribution in [0.4, 0.5) is 18.9 Å². The van der Waals surface area contributed by atoms with Crippen LogP contribution in [0.5, 0.6) is 0 Å². The van der Waals surface area contributed by atoms with Crippen LogP contribution in [0.3, 0.4) is 0 Å². The topological polar surface area (TPSA) is 98.7 Å². The van der Waals surface area contributed by atoms with E-state index in [4.69, 9.17) is 4.42 Å². The van der Waals surface area contributed by atoms with Gasteiger partial charge in [0.05, 0.1) is 17.4 Å². The van der Waals surface area contributed by atoms with Gasteiger partial charge >= 0.3 is 6.18 Å². The van der Waals surface area contributed by atoms with Crippen molar-refractivity contribution in [1.82, 2.24) is 25.0 Å². The summed E-state index contributed by atoms with van der Waals surface area (Å²) in [5, 5.41) is 15.1. The minimum absolute atomic E-state index is 0.351. The number of nitrogens with zero attached hydrogens (tertiary/aromatic N) is 5. The Labute approximate surface area is 196 Å². The summed E-state index contributed by atoms with van der Waals surface area (Å²) < 4.78 is 44.4. The molecule has 3 heterocycles. The largest absolute Gasteiger partial charge is 0.421 e. The number of para-hydroxylation sites is 1. The van der Waals surface area contributed by atoms with Crippen LogP contribution in [-0.2, 0) is 6.54 Å². The fraction of sp³-hybridized carbons (Fsp3) is 0.125. The number of benzene rings is 2. The molecule has 0 saturated heterocycles. The van der Waals surface area contributed by atoms with Crippen molar-refractivity contribution in [3.63, 3.8) is 0 Å². The van der Waals surface area contributed by atoms with Gasteiger partial charge in [-0.15, -0.1) is 10.2 Å². The Kier molecular flexibility index (Phi) is 5.51. The van der Waals surface area contributed by atoms with Gasteiger partial charge in [0.2, 0.25) is 11.8 Å². The van der Waals surface area contributed by atoms with Gasteiger partial charge in [-0.3, -0.25) is 14.5 Å². The molecule has 8 nitrogen and oxygen atoms in total. The maximum atomic E-state index is 12.9. The lowest BCUT2D eigenvalue weighted by Gasteiger charge is -2.10. The lowest BCUT2D eigenvalue weighted by molar-refractivity contribution is -0.142. The number of carbonyl (C=O) groups excluding carboxylic acids is 1. The molecule has 176 valence electrons. The summed E-state index contributed by atoms with van der Waals surface area (Å²) in [5.41, 5.74) is 3.22. The van der Waals surface area contributed by atoms with Crippen molar-refractivity contribution < 1.29 is 22.4 Å². The van der Waals surface area contributed by atoms with Crippen molar-refractivity contribution in [3.8, 4) is 22.6 Å². The highest BCUT2D eigenvalue weighted by molar-refractivity contribution is 6.10. The standard InChI is InChI=1S/C24H17F3N6O2/c1-14-31-32-23(35-14)16-7-5-15(6-8-16)22(34)30-20-4-2-3-19-18(9-10-28-21(19)20)17-11-29-33(12-17)13-24(25,26)27/h2-12H,13H2,1H3,(H,30,34). The van der Waals surface area contributed by atoms with Crippen molar-refractivity contribution in [2.45, 2.75) is 19.6 Å². The first-order chi connectivity index (χ1) is 16.8. The zero-order chi connectivity index (χ0) is 24.6. The average Bonchev–Trinajstić information content (AvgIpc) is 3.47. The number of fused-ring (bicyclic) bond motifs is 1.